The molecule has 2 nitrogen and oxygen atoms in total. The highest BCUT2D eigenvalue weighted by Gasteiger charge is 2.44. The average molecular weight is 140 g/mol. The van der Waals surface area contributed by atoms with Gasteiger partial charge in [-0.05, 0) is 19.8 Å². The van der Waals surface area contributed by atoms with Crippen LogP contribution in [0, 0.1) is 5.41 Å². The van der Waals surface area contributed by atoms with Gasteiger partial charge in [0.2, 0.25) is 0 Å². The van der Waals surface area contributed by atoms with E-state index in [1.807, 2.05) is 6.92 Å². The molecular formula is C8H12O2. The molecule has 0 N–H and O–H groups in total. The first-order valence-electron chi connectivity index (χ1n) is 3.57. The van der Waals surface area contributed by atoms with E-state index in [1.165, 1.54) is 6.92 Å². The fourth-order valence-electron chi connectivity index (χ4n) is 0.906. The van der Waals surface area contributed by atoms with Crippen LogP contribution in [-0.2, 0) is 9.59 Å². The molecule has 1 fully saturated rings. The van der Waals surface area contributed by atoms with Crippen LogP contribution in [0.25, 0.3) is 0 Å². The molecule has 1 rings (SSSR count). The van der Waals surface area contributed by atoms with Crippen LogP contribution in [0.5, 0.6) is 0 Å². The number of hydrogen-bond acceptors (Lipinski definition) is 2. The first-order chi connectivity index (χ1) is 4.54. The summed E-state index contributed by atoms with van der Waals surface area (Å²) in [6, 6.07) is 0. The molecule has 0 unspecified atom stereocenters. The van der Waals surface area contributed by atoms with Crippen molar-refractivity contribution in [2.45, 2.75) is 33.1 Å². The highest BCUT2D eigenvalue weighted by molar-refractivity contribution is 6.01. The summed E-state index contributed by atoms with van der Waals surface area (Å²) < 4.78 is 0. The van der Waals surface area contributed by atoms with Crippen LogP contribution in [0.4, 0.5) is 0 Å². The lowest BCUT2D eigenvalue weighted by molar-refractivity contribution is -0.128. The van der Waals surface area contributed by atoms with E-state index in [2.05, 4.69) is 0 Å². The van der Waals surface area contributed by atoms with Crippen molar-refractivity contribution in [2.24, 2.45) is 5.41 Å². The molecule has 0 heterocycles. The van der Waals surface area contributed by atoms with Gasteiger partial charge >= 0.3 is 0 Å². The van der Waals surface area contributed by atoms with Crippen molar-refractivity contribution >= 4 is 11.6 Å². The van der Waals surface area contributed by atoms with Crippen molar-refractivity contribution in [1.82, 2.24) is 0 Å². The quantitative estimate of drug-likeness (QED) is 0.554. The Bertz CT molecular complexity index is 178. The van der Waals surface area contributed by atoms with Gasteiger partial charge in [-0.25, -0.2) is 0 Å². The van der Waals surface area contributed by atoms with Gasteiger partial charge < -0.3 is 0 Å². The van der Waals surface area contributed by atoms with E-state index in [4.69, 9.17) is 0 Å². The number of carbonyl (C=O) groups is 2. The standard InChI is InChI=1S/C8H12O2/c1-6(9)5-7(10)8(2)3-4-8/h3-5H2,1-2H3. The molecule has 0 aromatic rings. The van der Waals surface area contributed by atoms with E-state index in [9.17, 15) is 9.59 Å². The molecule has 0 aliphatic heterocycles. The molecule has 0 spiro atoms. The van der Waals surface area contributed by atoms with Crippen LogP contribution in [-0.4, -0.2) is 11.6 Å². The van der Waals surface area contributed by atoms with Crippen LogP contribution in [0.15, 0.2) is 0 Å². The number of Topliss-reactive ketones (excluding diaryl/α,β-unsaturated/α-hetero) is 2. The maximum Gasteiger partial charge on any atom is 0.146 e. The van der Waals surface area contributed by atoms with Gasteiger partial charge in [0.25, 0.3) is 0 Å². The zero-order valence-corrected chi connectivity index (χ0v) is 6.44. The second kappa shape index (κ2) is 2.19. The molecule has 0 bridgehead atoms. The van der Waals surface area contributed by atoms with E-state index >= 15 is 0 Å². The van der Waals surface area contributed by atoms with Crippen LogP contribution >= 0.6 is 0 Å². The lowest BCUT2D eigenvalue weighted by Gasteiger charge is -2.02. The molecule has 0 aromatic carbocycles. The minimum Gasteiger partial charge on any atom is -0.300 e. The van der Waals surface area contributed by atoms with E-state index in [-0.39, 0.29) is 23.4 Å². The van der Waals surface area contributed by atoms with Gasteiger partial charge in [-0.15, -0.1) is 0 Å². The summed E-state index contributed by atoms with van der Waals surface area (Å²) in [6.45, 7) is 3.39. The van der Waals surface area contributed by atoms with Gasteiger partial charge in [0.15, 0.2) is 0 Å². The Labute approximate surface area is 60.6 Å². The van der Waals surface area contributed by atoms with Crippen molar-refractivity contribution in [1.29, 1.82) is 0 Å². The second-order valence-corrected chi connectivity index (χ2v) is 3.36. The van der Waals surface area contributed by atoms with Gasteiger partial charge in [0, 0.05) is 5.41 Å². The van der Waals surface area contributed by atoms with Crippen molar-refractivity contribution in [3.05, 3.63) is 0 Å². The lowest BCUT2D eigenvalue weighted by atomic mass is 10.00. The summed E-state index contributed by atoms with van der Waals surface area (Å²) in [7, 11) is 0. The van der Waals surface area contributed by atoms with Crippen LogP contribution in [0.3, 0.4) is 0 Å². The molecule has 0 atom stereocenters. The van der Waals surface area contributed by atoms with Gasteiger partial charge in [-0.1, -0.05) is 6.92 Å². The zero-order valence-electron chi connectivity index (χ0n) is 6.44. The molecule has 0 radical (unpaired) electrons. The van der Waals surface area contributed by atoms with Gasteiger partial charge in [-0.3, -0.25) is 9.59 Å². The molecule has 1 saturated carbocycles. The van der Waals surface area contributed by atoms with Gasteiger partial charge in [-0.2, -0.15) is 0 Å². The molecule has 0 saturated heterocycles. The molecule has 56 valence electrons. The maximum atomic E-state index is 11.1. The summed E-state index contributed by atoms with van der Waals surface area (Å²) in [6.07, 6.45) is 2.08. The molecule has 0 aromatic heterocycles. The Kier molecular flexibility index (Phi) is 1.63. The third-order valence-electron chi connectivity index (χ3n) is 2.08. The topological polar surface area (TPSA) is 34.1 Å². The Hall–Kier alpha value is -0.660. The summed E-state index contributed by atoms with van der Waals surface area (Å²) >= 11 is 0. The normalized spacial score (nSPS) is 20.2. The van der Waals surface area contributed by atoms with Crippen molar-refractivity contribution in [3.63, 3.8) is 0 Å². The third-order valence-corrected chi connectivity index (χ3v) is 2.08. The van der Waals surface area contributed by atoms with Crippen molar-refractivity contribution < 1.29 is 9.59 Å². The molecule has 0 amide bonds. The number of rotatable bonds is 3. The molecular weight excluding hydrogens is 128 g/mol. The van der Waals surface area contributed by atoms with Crippen molar-refractivity contribution in [3.8, 4) is 0 Å². The summed E-state index contributed by atoms with van der Waals surface area (Å²) in [5.74, 6) is 0.109. The lowest BCUT2D eigenvalue weighted by Crippen LogP contribution is -2.14. The SMILES string of the molecule is CC(=O)CC(=O)C1(C)CC1. The Morgan fingerprint density at radius 2 is 1.90 bits per heavy atom. The Balaban J connectivity index is 2.43. The predicted molar refractivity (Wildman–Crippen MR) is 37.6 cm³/mol. The van der Waals surface area contributed by atoms with E-state index < -0.39 is 0 Å². The summed E-state index contributed by atoms with van der Waals surface area (Å²) in [5.41, 5.74) is -0.119. The number of hydrogen-bond donors (Lipinski definition) is 0. The fraction of sp³-hybridized carbons (Fsp3) is 0.750. The van der Waals surface area contributed by atoms with Gasteiger partial charge in [0.05, 0.1) is 6.42 Å². The maximum absolute atomic E-state index is 11.1. The van der Waals surface area contributed by atoms with Crippen molar-refractivity contribution in [2.75, 3.05) is 0 Å². The number of ketones is 2. The Morgan fingerprint density at radius 3 is 2.20 bits per heavy atom. The minimum absolute atomic E-state index is 0.0156. The molecule has 2 heteroatoms. The Morgan fingerprint density at radius 1 is 1.40 bits per heavy atom. The third kappa shape index (κ3) is 1.43. The summed E-state index contributed by atoms with van der Waals surface area (Å²) in [5, 5.41) is 0. The van der Waals surface area contributed by atoms with E-state index in [0.717, 1.165) is 12.8 Å². The first-order valence-corrected chi connectivity index (χ1v) is 3.57. The highest BCUT2D eigenvalue weighted by Crippen LogP contribution is 2.46. The van der Waals surface area contributed by atoms with Gasteiger partial charge in [0.1, 0.15) is 11.6 Å². The zero-order chi connectivity index (χ0) is 7.78. The van der Waals surface area contributed by atoms with E-state index in [1.54, 1.807) is 0 Å². The smallest absolute Gasteiger partial charge is 0.146 e. The first kappa shape index (κ1) is 7.45. The summed E-state index contributed by atoms with van der Waals surface area (Å²) in [4.78, 5) is 21.6. The minimum atomic E-state index is -0.119. The fourth-order valence-corrected chi connectivity index (χ4v) is 0.906. The largest absolute Gasteiger partial charge is 0.300 e. The molecule has 1 aliphatic rings. The number of carbonyl (C=O) groups excluding carboxylic acids is 2. The molecule has 1 aliphatic carbocycles. The van der Waals surface area contributed by atoms with Crippen LogP contribution in [0.2, 0.25) is 0 Å². The molecule has 10 heavy (non-hydrogen) atoms. The van der Waals surface area contributed by atoms with Crippen LogP contribution < -0.4 is 0 Å². The van der Waals surface area contributed by atoms with E-state index in [0.29, 0.717) is 0 Å². The second-order valence-electron chi connectivity index (χ2n) is 3.36. The highest BCUT2D eigenvalue weighted by atomic mass is 16.1. The average Bonchev–Trinajstić information content (AvgIpc) is 2.47. The monoisotopic (exact) mass is 140 g/mol. The van der Waals surface area contributed by atoms with Crippen LogP contribution in [0.1, 0.15) is 33.1 Å². The predicted octanol–water partition coefficient (Wildman–Crippen LogP) is 1.33.